The van der Waals surface area contributed by atoms with Gasteiger partial charge in [0, 0.05) is 23.4 Å². The summed E-state index contributed by atoms with van der Waals surface area (Å²) >= 11 is 0. The van der Waals surface area contributed by atoms with Crippen LogP contribution in [0.15, 0.2) is 4.79 Å². The van der Waals surface area contributed by atoms with Crippen LogP contribution in [-0.4, -0.2) is 32.8 Å². The SMILES string of the molecule is COC(=O)CCc1c(C)nn(-c2nc(C)c(C)c(=O)[nH]2)c1C. The van der Waals surface area contributed by atoms with Crippen LogP contribution in [0.4, 0.5) is 0 Å². The maximum Gasteiger partial charge on any atom is 0.305 e. The van der Waals surface area contributed by atoms with Gasteiger partial charge in [-0.05, 0) is 39.7 Å². The van der Waals surface area contributed by atoms with Crippen molar-refractivity contribution in [2.24, 2.45) is 0 Å². The molecule has 7 heteroatoms. The molecule has 0 saturated carbocycles. The molecule has 22 heavy (non-hydrogen) atoms. The van der Waals surface area contributed by atoms with Crippen LogP contribution in [0.2, 0.25) is 0 Å². The molecule has 0 fully saturated rings. The maximum atomic E-state index is 11.9. The third-order valence-corrected chi connectivity index (χ3v) is 3.83. The van der Waals surface area contributed by atoms with Crippen LogP contribution < -0.4 is 5.56 Å². The Morgan fingerprint density at radius 2 is 1.91 bits per heavy atom. The van der Waals surface area contributed by atoms with Crippen molar-refractivity contribution < 1.29 is 9.53 Å². The predicted octanol–water partition coefficient (Wildman–Crippen LogP) is 1.29. The molecular formula is C15H20N4O3. The third kappa shape index (κ3) is 2.93. The van der Waals surface area contributed by atoms with Crippen molar-refractivity contribution in [3.8, 4) is 5.95 Å². The van der Waals surface area contributed by atoms with Gasteiger partial charge in [-0.15, -0.1) is 0 Å². The van der Waals surface area contributed by atoms with Crippen molar-refractivity contribution in [1.29, 1.82) is 0 Å². The van der Waals surface area contributed by atoms with E-state index in [1.165, 1.54) is 7.11 Å². The average molecular weight is 304 g/mol. The number of nitrogens with zero attached hydrogens (tertiary/aromatic N) is 3. The summed E-state index contributed by atoms with van der Waals surface area (Å²) in [4.78, 5) is 30.3. The summed E-state index contributed by atoms with van der Waals surface area (Å²) < 4.78 is 6.27. The normalized spacial score (nSPS) is 10.8. The highest BCUT2D eigenvalue weighted by Gasteiger charge is 2.16. The van der Waals surface area contributed by atoms with Gasteiger partial charge in [-0.2, -0.15) is 5.10 Å². The Morgan fingerprint density at radius 1 is 1.23 bits per heavy atom. The predicted molar refractivity (Wildman–Crippen MR) is 81.3 cm³/mol. The first kappa shape index (κ1) is 15.9. The van der Waals surface area contributed by atoms with Gasteiger partial charge in [0.25, 0.3) is 5.56 Å². The number of methoxy groups -OCH3 is 1. The van der Waals surface area contributed by atoms with Crippen molar-refractivity contribution in [3.63, 3.8) is 0 Å². The van der Waals surface area contributed by atoms with Gasteiger partial charge >= 0.3 is 5.97 Å². The van der Waals surface area contributed by atoms with E-state index in [1.807, 2.05) is 13.8 Å². The van der Waals surface area contributed by atoms with E-state index in [4.69, 9.17) is 0 Å². The minimum absolute atomic E-state index is 0.175. The number of carbonyl (C=O) groups excluding carboxylic acids is 1. The van der Waals surface area contributed by atoms with Crippen molar-refractivity contribution in [2.75, 3.05) is 7.11 Å². The standard InChI is InChI=1S/C15H20N4O3/c1-8-9(2)16-15(17-14(8)21)19-11(4)12(10(3)18-19)6-7-13(20)22-5/h6-7H2,1-5H3,(H,16,17,21). The van der Waals surface area contributed by atoms with Crippen LogP contribution >= 0.6 is 0 Å². The summed E-state index contributed by atoms with van der Waals surface area (Å²) in [5.74, 6) is 0.127. The zero-order valence-corrected chi connectivity index (χ0v) is 13.5. The van der Waals surface area contributed by atoms with Crippen LogP contribution in [0.5, 0.6) is 0 Å². The second-order valence-electron chi connectivity index (χ2n) is 5.24. The van der Waals surface area contributed by atoms with Crippen LogP contribution in [0.25, 0.3) is 5.95 Å². The molecule has 2 rings (SSSR count). The van der Waals surface area contributed by atoms with Crippen LogP contribution in [0.3, 0.4) is 0 Å². The smallest absolute Gasteiger partial charge is 0.305 e. The molecule has 2 aromatic heterocycles. The molecule has 7 nitrogen and oxygen atoms in total. The van der Waals surface area contributed by atoms with Gasteiger partial charge < -0.3 is 4.74 Å². The molecular weight excluding hydrogens is 284 g/mol. The number of hydrogen-bond acceptors (Lipinski definition) is 5. The fourth-order valence-corrected chi connectivity index (χ4v) is 2.30. The fourth-order valence-electron chi connectivity index (χ4n) is 2.30. The number of esters is 1. The fraction of sp³-hybridized carbons (Fsp3) is 0.467. The number of rotatable bonds is 4. The molecule has 2 aromatic rings. The lowest BCUT2D eigenvalue weighted by Crippen LogP contribution is -2.18. The Morgan fingerprint density at radius 3 is 2.50 bits per heavy atom. The Kier molecular flexibility index (Phi) is 4.44. The van der Waals surface area contributed by atoms with E-state index in [1.54, 1.807) is 18.5 Å². The summed E-state index contributed by atoms with van der Waals surface area (Å²) in [6.45, 7) is 7.28. The van der Waals surface area contributed by atoms with Crippen LogP contribution in [0.1, 0.15) is 34.6 Å². The highest BCUT2D eigenvalue weighted by molar-refractivity contribution is 5.69. The van der Waals surface area contributed by atoms with Crippen LogP contribution in [-0.2, 0) is 16.0 Å². The highest BCUT2D eigenvalue weighted by atomic mass is 16.5. The van der Waals surface area contributed by atoms with E-state index in [9.17, 15) is 9.59 Å². The van der Waals surface area contributed by atoms with E-state index in [2.05, 4.69) is 19.8 Å². The first-order valence-electron chi connectivity index (χ1n) is 7.05. The Labute approximate surface area is 128 Å². The molecule has 0 saturated heterocycles. The minimum Gasteiger partial charge on any atom is -0.469 e. The number of aromatic nitrogens is 4. The summed E-state index contributed by atoms with van der Waals surface area (Å²) in [6, 6.07) is 0. The lowest BCUT2D eigenvalue weighted by Gasteiger charge is -2.06. The molecule has 0 aromatic carbocycles. The number of nitrogens with one attached hydrogen (secondary N) is 1. The van der Waals surface area contributed by atoms with Gasteiger partial charge in [0.1, 0.15) is 0 Å². The lowest BCUT2D eigenvalue weighted by molar-refractivity contribution is -0.140. The Balaban J connectivity index is 2.42. The monoisotopic (exact) mass is 304 g/mol. The first-order chi connectivity index (χ1) is 10.3. The Hall–Kier alpha value is -2.44. The van der Waals surface area contributed by atoms with Gasteiger partial charge in [0.05, 0.1) is 12.8 Å². The number of carbonyl (C=O) groups is 1. The van der Waals surface area contributed by atoms with E-state index in [0.29, 0.717) is 30.0 Å². The second-order valence-corrected chi connectivity index (χ2v) is 5.24. The molecule has 1 N–H and O–H groups in total. The minimum atomic E-state index is -0.260. The molecule has 0 aliphatic rings. The molecule has 0 spiro atoms. The number of H-pyrrole nitrogens is 1. The molecule has 0 aliphatic heterocycles. The van der Waals surface area contributed by atoms with Gasteiger partial charge in [0.15, 0.2) is 0 Å². The molecule has 118 valence electrons. The van der Waals surface area contributed by atoms with Crippen molar-refractivity contribution in [1.82, 2.24) is 19.7 Å². The largest absolute Gasteiger partial charge is 0.469 e. The topological polar surface area (TPSA) is 89.9 Å². The van der Waals surface area contributed by atoms with E-state index < -0.39 is 0 Å². The molecule has 0 amide bonds. The molecule has 0 atom stereocenters. The molecule has 0 unspecified atom stereocenters. The number of hydrogen-bond donors (Lipinski definition) is 1. The average Bonchev–Trinajstić information content (AvgIpc) is 2.76. The highest BCUT2D eigenvalue weighted by Crippen LogP contribution is 2.17. The van der Waals surface area contributed by atoms with E-state index in [0.717, 1.165) is 17.0 Å². The van der Waals surface area contributed by atoms with Crippen LogP contribution in [0, 0.1) is 27.7 Å². The number of ether oxygens (including phenoxy) is 1. The lowest BCUT2D eigenvalue weighted by atomic mass is 10.1. The quantitative estimate of drug-likeness (QED) is 0.860. The number of aromatic amines is 1. The number of aryl methyl sites for hydroxylation is 2. The molecule has 0 aliphatic carbocycles. The van der Waals surface area contributed by atoms with Gasteiger partial charge in [-0.3, -0.25) is 14.6 Å². The molecule has 0 radical (unpaired) electrons. The molecule has 0 bridgehead atoms. The molecule has 2 heterocycles. The summed E-state index contributed by atoms with van der Waals surface area (Å²) in [5, 5.41) is 4.43. The zero-order valence-electron chi connectivity index (χ0n) is 13.5. The third-order valence-electron chi connectivity index (χ3n) is 3.83. The summed E-state index contributed by atoms with van der Waals surface area (Å²) in [6.07, 6.45) is 0.833. The van der Waals surface area contributed by atoms with Gasteiger partial charge in [0.2, 0.25) is 5.95 Å². The van der Waals surface area contributed by atoms with Gasteiger partial charge in [-0.1, -0.05) is 0 Å². The zero-order chi connectivity index (χ0) is 16.4. The maximum absolute atomic E-state index is 11.9. The van der Waals surface area contributed by atoms with Gasteiger partial charge in [-0.25, -0.2) is 9.67 Å². The summed E-state index contributed by atoms with van der Waals surface area (Å²) in [5.41, 5.74) is 3.71. The van der Waals surface area contributed by atoms with E-state index in [-0.39, 0.29) is 11.5 Å². The van der Waals surface area contributed by atoms with Crippen molar-refractivity contribution in [2.45, 2.75) is 40.5 Å². The first-order valence-corrected chi connectivity index (χ1v) is 7.05. The second kappa shape index (κ2) is 6.13. The summed E-state index contributed by atoms with van der Waals surface area (Å²) in [7, 11) is 1.37. The Bertz CT molecular complexity index is 774. The van der Waals surface area contributed by atoms with E-state index >= 15 is 0 Å². The van der Waals surface area contributed by atoms with Crippen molar-refractivity contribution >= 4 is 5.97 Å². The van der Waals surface area contributed by atoms with Crippen molar-refractivity contribution in [3.05, 3.63) is 38.6 Å².